The van der Waals surface area contributed by atoms with Gasteiger partial charge in [0.2, 0.25) is 0 Å². The molecule has 0 heterocycles. The second kappa shape index (κ2) is 10.2. The highest BCUT2D eigenvalue weighted by Gasteiger charge is 2.17. The van der Waals surface area contributed by atoms with E-state index in [-0.39, 0.29) is 0 Å². The van der Waals surface area contributed by atoms with E-state index in [1.165, 1.54) is 76.8 Å². The SMILES string of the molecule is c1ccc(-c2ccc(-c3ccc4c(-c5ccc6ccccc6c5)c5ccccc5c(-c5ccccc5)c4c3)cc2)cc1. The van der Waals surface area contributed by atoms with Gasteiger partial charge in [-0.15, -0.1) is 0 Å². The minimum Gasteiger partial charge on any atom is -0.0622 e. The molecule has 0 aliphatic heterocycles. The quantitative estimate of drug-likeness (QED) is 0.198. The lowest BCUT2D eigenvalue weighted by atomic mass is 9.84. The fourth-order valence-corrected chi connectivity index (χ4v) is 6.42. The van der Waals surface area contributed by atoms with Crippen LogP contribution < -0.4 is 0 Å². The smallest absolute Gasteiger partial charge is 0.00261 e. The third-order valence-corrected chi connectivity index (χ3v) is 8.45. The zero-order valence-electron chi connectivity index (χ0n) is 23.2. The number of hydrogen-bond acceptors (Lipinski definition) is 0. The van der Waals surface area contributed by atoms with Gasteiger partial charge < -0.3 is 0 Å². The molecule has 0 radical (unpaired) electrons. The van der Waals surface area contributed by atoms with Gasteiger partial charge in [0.1, 0.15) is 0 Å². The molecule has 0 aliphatic rings. The second-order valence-electron chi connectivity index (χ2n) is 10.9. The van der Waals surface area contributed by atoms with Crippen molar-refractivity contribution in [1.82, 2.24) is 0 Å². The van der Waals surface area contributed by atoms with Crippen LogP contribution in [0.5, 0.6) is 0 Å². The molecule has 0 spiro atoms. The first-order chi connectivity index (χ1) is 20.8. The molecule has 8 rings (SSSR count). The van der Waals surface area contributed by atoms with Gasteiger partial charge in [-0.05, 0) is 89.0 Å². The van der Waals surface area contributed by atoms with E-state index in [0.29, 0.717) is 0 Å². The van der Waals surface area contributed by atoms with E-state index in [9.17, 15) is 0 Å². The van der Waals surface area contributed by atoms with Crippen molar-refractivity contribution in [1.29, 1.82) is 0 Å². The summed E-state index contributed by atoms with van der Waals surface area (Å²) in [6, 6.07) is 61.8. The molecule has 0 nitrogen and oxygen atoms in total. The summed E-state index contributed by atoms with van der Waals surface area (Å²) in [5.74, 6) is 0. The molecule has 0 unspecified atom stereocenters. The van der Waals surface area contributed by atoms with Gasteiger partial charge in [0.25, 0.3) is 0 Å². The summed E-state index contributed by atoms with van der Waals surface area (Å²) < 4.78 is 0. The molecule has 0 N–H and O–H groups in total. The van der Waals surface area contributed by atoms with Crippen LogP contribution >= 0.6 is 0 Å². The van der Waals surface area contributed by atoms with Crippen LogP contribution in [0.3, 0.4) is 0 Å². The summed E-state index contributed by atoms with van der Waals surface area (Å²) >= 11 is 0. The Morgan fingerprint density at radius 3 is 1.36 bits per heavy atom. The van der Waals surface area contributed by atoms with Gasteiger partial charge in [0.15, 0.2) is 0 Å². The van der Waals surface area contributed by atoms with Crippen LogP contribution in [0.1, 0.15) is 0 Å². The molecule has 8 aromatic rings. The van der Waals surface area contributed by atoms with Crippen molar-refractivity contribution in [3.8, 4) is 44.5 Å². The normalized spacial score (nSPS) is 11.3. The first-order valence-electron chi connectivity index (χ1n) is 14.5. The Balaban J connectivity index is 1.40. The summed E-state index contributed by atoms with van der Waals surface area (Å²) in [4.78, 5) is 0. The largest absolute Gasteiger partial charge is 0.0622 e. The Morgan fingerprint density at radius 1 is 0.214 bits per heavy atom. The van der Waals surface area contributed by atoms with Crippen LogP contribution in [0.15, 0.2) is 170 Å². The molecule has 0 heteroatoms. The highest BCUT2D eigenvalue weighted by Crippen LogP contribution is 2.45. The summed E-state index contributed by atoms with van der Waals surface area (Å²) in [6.45, 7) is 0. The van der Waals surface area contributed by atoms with E-state index < -0.39 is 0 Å². The number of fused-ring (bicyclic) bond motifs is 3. The molecule has 0 amide bonds. The maximum atomic E-state index is 2.40. The third kappa shape index (κ3) is 4.17. The molecule has 0 aliphatic carbocycles. The molecule has 0 fully saturated rings. The molecule has 0 aromatic heterocycles. The second-order valence-corrected chi connectivity index (χ2v) is 10.9. The standard InChI is InChI=1S/C42H28/c1-3-11-29(12-4-1)31-19-21-32(22-20-31)35-25-26-39-40(28-35)41(33-14-5-2-6-15-33)37-17-9-10-18-38(37)42(39)36-24-23-30-13-7-8-16-34(30)27-36/h1-28H. The Morgan fingerprint density at radius 2 is 0.667 bits per heavy atom. The zero-order valence-corrected chi connectivity index (χ0v) is 23.2. The molecule has 42 heavy (non-hydrogen) atoms. The van der Waals surface area contributed by atoms with Gasteiger partial charge in [-0.1, -0.05) is 158 Å². The Hall–Kier alpha value is -5.46. The van der Waals surface area contributed by atoms with Gasteiger partial charge in [-0.25, -0.2) is 0 Å². The zero-order chi connectivity index (χ0) is 27.9. The molecule has 0 saturated heterocycles. The lowest BCUT2D eigenvalue weighted by molar-refractivity contribution is 1.60. The molecule has 196 valence electrons. The minimum atomic E-state index is 1.22. The van der Waals surface area contributed by atoms with E-state index >= 15 is 0 Å². The van der Waals surface area contributed by atoms with Crippen molar-refractivity contribution >= 4 is 32.3 Å². The first kappa shape index (κ1) is 24.3. The van der Waals surface area contributed by atoms with Gasteiger partial charge in [-0.3, -0.25) is 0 Å². The highest BCUT2D eigenvalue weighted by molar-refractivity contribution is 6.22. The molecular formula is C42H28. The maximum Gasteiger partial charge on any atom is -0.00261 e. The number of hydrogen-bond donors (Lipinski definition) is 0. The fourth-order valence-electron chi connectivity index (χ4n) is 6.42. The lowest BCUT2D eigenvalue weighted by Crippen LogP contribution is -1.92. The van der Waals surface area contributed by atoms with Gasteiger partial charge in [0.05, 0.1) is 0 Å². The molecular weight excluding hydrogens is 504 g/mol. The summed E-state index contributed by atoms with van der Waals surface area (Å²) in [5, 5.41) is 7.61. The minimum absolute atomic E-state index is 1.22. The molecule has 0 saturated carbocycles. The van der Waals surface area contributed by atoms with Crippen molar-refractivity contribution in [2.45, 2.75) is 0 Å². The van der Waals surface area contributed by atoms with E-state index in [0.717, 1.165) is 0 Å². The average molecular weight is 533 g/mol. The Kier molecular flexibility index (Phi) is 5.90. The predicted octanol–water partition coefficient (Wildman–Crippen LogP) is 11.8. The van der Waals surface area contributed by atoms with Crippen LogP contribution in [0.2, 0.25) is 0 Å². The maximum absolute atomic E-state index is 2.40. The topological polar surface area (TPSA) is 0 Å². The van der Waals surface area contributed by atoms with Crippen molar-refractivity contribution in [3.05, 3.63) is 170 Å². The number of benzene rings is 8. The van der Waals surface area contributed by atoms with Gasteiger partial charge >= 0.3 is 0 Å². The van der Waals surface area contributed by atoms with Crippen LogP contribution in [-0.4, -0.2) is 0 Å². The number of rotatable bonds is 4. The molecule has 8 aromatic carbocycles. The van der Waals surface area contributed by atoms with Crippen molar-refractivity contribution < 1.29 is 0 Å². The van der Waals surface area contributed by atoms with E-state index in [1.807, 2.05) is 0 Å². The van der Waals surface area contributed by atoms with E-state index in [4.69, 9.17) is 0 Å². The summed E-state index contributed by atoms with van der Waals surface area (Å²) in [7, 11) is 0. The third-order valence-electron chi connectivity index (χ3n) is 8.45. The van der Waals surface area contributed by atoms with E-state index in [1.54, 1.807) is 0 Å². The van der Waals surface area contributed by atoms with Gasteiger partial charge in [-0.2, -0.15) is 0 Å². The first-order valence-corrected chi connectivity index (χ1v) is 14.5. The summed E-state index contributed by atoms with van der Waals surface area (Å²) in [6.07, 6.45) is 0. The van der Waals surface area contributed by atoms with Crippen molar-refractivity contribution in [2.24, 2.45) is 0 Å². The highest BCUT2D eigenvalue weighted by atomic mass is 14.2. The Bertz CT molecular complexity index is 2210. The molecule has 0 bridgehead atoms. The van der Waals surface area contributed by atoms with Crippen molar-refractivity contribution in [2.75, 3.05) is 0 Å². The van der Waals surface area contributed by atoms with Crippen LogP contribution in [0.25, 0.3) is 76.8 Å². The van der Waals surface area contributed by atoms with Crippen LogP contribution in [0.4, 0.5) is 0 Å². The lowest BCUT2D eigenvalue weighted by Gasteiger charge is -2.19. The van der Waals surface area contributed by atoms with E-state index in [2.05, 4.69) is 170 Å². The van der Waals surface area contributed by atoms with Crippen LogP contribution in [0, 0.1) is 0 Å². The Labute approximate surface area is 246 Å². The predicted molar refractivity (Wildman–Crippen MR) is 181 cm³/mol. The monoisotopic (exact) mass is 532 g/mol. The van der Waals surface area contributed by atoms with Gasteiger partial charge in [0, 0.05) is 0 Å². The summed E-state index contributed by atoms with van der Waals surface area (Å²) in [5.41, 5.74) is 9.96. The fraction of sp³-hybridized carbons (Fsp3) is 0. The van der Waals surface area contributed by atoms with Crippen molar-refractivity contribution in [3.63, 3.8) is 0 Å². The average Bonchev–Trinajstić information content (AvgIpc) is 3.07. The van der Waals surface area contributed by atoms with Crippen LogP contribution in [-0.2, 0) is 0 Å². The molecule has 0 atom stereocenters.